The summed E-state index contributed by atoms with van der Waals surface area (Å²) in [6, 6.07) is 0. The van der Waals surface area contributed by atoms with Gasteiger partial charge in [0.25, 0.3) is 0 Å². The van der Waals surface area contributed by atoms with Gasteiger partial charge in [0.15, 0.2) is 0 Å². The smallest absolute Gasteiger partial charge is 0.242 e. The van der Waals surface area contributed by atoms with E-state index in [9.17, 15) is 0 Å². The minimum Gasteiger partial charge on any atom is -0.353 e. The van der Waals surface area contributed by atoms with E-state index in [1.807, 2.05) is 13.8 Å². The van der Waals surface area contributed by atoms with Crippen molar-refractivity contribution < 1.29 is 0 Å². The van der Waals surface area contributed by atoms with Crippen molar-refractivity contribution in [3.8, 4) is 0 Å². The maximum atomic E-state index is 5.55. The van der Waals surface area contributed by atoms with E-state index in [-0.39, 0.29) is 0 Å². The van der Waals surface area contributed by atoms with Crippen LogP contribution < -0.4 is 11.1 Å². The summed E-state index contributed by atoms with van der Waals surface area (Å²) in [5.41, 5.74) is 7.34. The monoisotopic (exact) mass is 223 g/mol. The number of nitrogens with one attached hydrogen (secondary N) is 1. The third-order valence-electron chi connectivity index (χ3n) is 2.79. The Kier molecular flexibility index (Phi) is 5.11. The van der Waals surface area contributed by atoms with Crippen LogP contribution >= 0.6 is 0 Å². The molecule has 1 atom stereocenters. The van der Waals surface area contributed by atoms with Crippen molar-refractivity contribution >= 4 is 5.95 Å². The van der Waals surface area contributed by atoms with Crippen LogP contribution in [-0.4, -0.2) is 28.3 Å². The van der Waals surface area contributed by atoms with Crippen LogP contribution in [0.15, 0.2) is 0 Å². The zero-order valence-corrected chi connectivity index (χ0v) is 10.3. The molecule has 1 heterocycles. The molecule has 1 unspecified atom stereocenters. The molecule has 0 fully saturated rings. The van der Waals surface area contributed by atoms with Gasteiger partial charge in [-0.3, -0.25) is 0 Å². The number of hydrogen-bond donors (Lipinski definition) is 2. The first-order chi connectivity index (χ1) is 7.67. The second-order valence-electron chi connectivity index (χ2n) is 4.04. The fraction of sp³-hybridized carbons (Fsp3) is 0.727. The molecule has 0 aromatic carbocycles. The van der Waals surface area contributed by atoms with Gasteiger partial charge in [-0.2, -0.15) is 5.10 Å². The number of hydrogen-bond acceptors (Lipinski definition) is 5. The number of aryl methyl sites for hydroxylation is 2. The first-order valence-electron chi connectivity index (χ1n) is 5.79. The number of anilines is 1. The molecule has 90 valence electrons. The highest BCUT2D eigenvalue weighted by Crippen LogP contribution is 2.08. The zero-order chi connectivity index (χ0) is 12.0. The minimum atomic E-state index is 0.579. The van der Waals surface area contributed by atoms with Gasteiger partial charge in [-0.05, 0) is 32.7 Å². The predicted molar refractivity (Wildman–Crippen MR) is 65.2 cm³/mol. The second kappa shape index (κ2) is 6.37. The fourth-order valence-electron chi connectivity index (χ4n) is 1.45. The summed E-state index contributed by atoms with van der Waals surface area (Å²) in [4.78, 5) is 4.32. The van der Waals surface area contributed by atoms with Crippen molar-refractivity contribution in [3.63, 3.8) is 0 Å². The molecule has 0 aliphatic carbocycles. The van der Waals surface area contributed by atoms with E-state index in [1.54, 1.807) is 0 Å². The lowest BCUT2D eigenvalue weighted by Gasteiger charge is -2.14. The lowest BCUT2D eigenvalue weighted by Crippen LogP contribution is -2.19. The molecule has 1 aromatic heterocycles. The van der Waals surface area contributed by atoms with Gasteiger partial charge in [-0.25, -0.2) is 4.98 Å². The molecule has 0 spiro atoms. The lowest BCUT2D eigenvalue weighted by molar-refractivity contribution is 0.500. The molecule has 1 aromatic rings. The highest BCUT2D eigenvalue weighted by Gasteiger charge is 2.06. The maximum Gasteiger partial charge on any atom is 0.242 e. The molecule has 0 amide bonds. The SMILES string of the molecule is CCC(CCN)CNc1nnc(C)c(C)n1. The van der Waals surface area contributed by atoms with Gasteiger partial charge in [0.2, 0.25) is 5.95 Å². The first kappa shape index (κ1) is 12.8. The fourth-order valence-corrected chi connectivity index (χ4v) is 1.45. The van der Waals surface area contributed by atoms with Crippen LogP contribution in [0.25, 0.3) is 0 Å². The summed E-state index contributed by atoms with van der Waals surface area (Å²) < 4.78 is 0. The molecule has 1 rings (SSSR count). The van der Waals surface area contributed by atoms with Crippen molar-refractivity contribution in [2.24, 2.45) is 11.7 Å². The number of nitrogens with zero attached hydrogens (tertiary/aromatic N) is 3. The van der Waals surface area contributed by atoms with Gasteiger partial charge in [-0.15, -0.1) is 5.10 Å². The quantitative estimate of drug-likeness (QED) is 0.759. The van der Waals surface area contributed by atoms with Gasteiger partial charge in [0.05, 0.1) is 11.4 Å². The van der Waals surface area contributed by atoms with E-state index in [2.05, 4.69) is 27.4 Å². The van der Waals surface area contributed by atoms with Crippen LogP contribution in [0.4, 0.5) is 5.95 Å². The van der Waals surface area contributed by atoms with Gasteiger partial charge in [0.1, 0.15) is 0 Å². The zero-order valence-electron chi connectivity index (χ0n) is 10.3. The summed E-state index contributed by atoms with van der Waals surface area (Å²) in [6.07, 6.45) is 2.14. The van der Waals surface area contributed by atoms with Crippen molar-refractivity contribution in [3.05, 3.63) is 11.4 Å². The molecule has 0 bridgehead atoms. The summed E-state index contributed by atoms with van der Waals surface area (Å²) in [7, 11) is 0. The Labute approximate surface area is 96.9 Å². The number of nitrogens with two attached hydrogens (primary N) is 1. The highest BCUT2D eigenvalue weighted by atomic mass is 15.2. The summed E-state index contributed by atoms with van der Waals surface area (Å²) in [5, 5.41) is 11.2. The predicted octanol–water partition coefficient (Wildman–Crippen LogP) is 1.28. The third kappa shape index (κ3) is 3.73. The average Bonchev–Trinajstić information content (AvgIpc) is 2.28. The third-order valence-corrected chi connectivity index (χ3v) is 2.79. The molecular weight excluding hydrogens is 202 g/mol. The van der Waals surface area contributed by atoms with E-state index >= 15 is 0 Å². The van der Waals surface area contributed by atoms with Crippen LogP contribution in [0.2, 0.25) is 0 Å². The Hall–Kier alpha value is -1.23. The van der Waals surface area contributed by atoms with Crippen molar-refractivity contribution in [2.75, 3.05) is 18.4 Å². The van der Waals surface area contributed by atoms with E-state index < -0.39 is 0 Å². The van der Waals surface area contributed by atoms with Crippen LogP contribution in [-0.2, 0) is 0 Å². The molecule has 0 aliphatic rings. The normalized spacial score (nSPS) is 12.5. The second-order valence-corrected chi connectivity index (χ2v) is 4.04. The Bertz CT molecular complexity index is 326. The average molecular weight is 223 g/mol. The first-order valence-corrected chi connectivity index (χ1v) is 5.79. The summed E-state index contributed by atoms with van der Waals surface area (Å²) in [6.45, 7) is 7.60. The summed E-state index contributed by atoms with van der Waals surface area (Å²) in [5.74, 6) is 1.19. The van der Waals surface area contributed by atoms with E-state index in [4.69, 9.17) is 5.73 Å². The standard InChI is InChI=1S/C11H21N5/c1-4-10(5-6-12)7-13-11-14-8(2)9(3)15-16-11/h10H,4-7,12H2,1-3H3,(H,13,14,16). The van der Waals surface area contributed by atoms with E-state index in [0.717, 1.165) is 37.3 Å². The van der Waals surface area contributed by atoms with Gasteiger partial charge in [-0.1, -0.05) is 13.3 Å². The summed E-state index contributed by atoms with van der Waals surface area (Å²) >= 11 is 0. The van der Waals surface area contributed by atoms with E-state index in [0.29, 0.717) is 11.9 Å². The van der Waals surface area contributed by atoms with Crippen LogP contribution in [0.3, 0.4) is 0 Å². The Morgan fingerprint density at radius 1 is 1.25 bits per heavy atom. The van der Waals surface area contributed by atoms with Crippen molar-refractivity contribution in [1.82, 2.24) is 15.2 Å². The Balaban J connectivity index is 2.50. The van der Waals surface area contributed by atoms with Crippen LogP contribution in [0.1, 0.15) is 31.2 Å². The molecule has 0 radical (unpaired) electrons. The van der Waals surface area contributed by atoms with Gasteiger partial charge in [0, 0.05) is 6.54 Å². The molecule has 0 saturated heterocycles. The van der Waals surface area contributed by atoms with Crippen LogP contribution in [0, 0.1) is 19.8 Å². The van der Waals surface area contributed by atoms with Crippen LogP contribution in [0.5, 0.6) is 0 Å². The molecule has 3 N–H and O–H groups in total. The molecule has 5 nitrogen and oxygen atoms in total. The minimum absolute atomic E-state index is 0.579. The molecule has 5 heteroatoms. The molecular formula is C11H21N5. The molecule has 0 saturated carbocycles. The lowest BCUT2D eigenvalue weighted by atomic mass is 10.0. The maximum absolute atomic E-state index is 5.55. The largest absolute Gasteiger partial charge is 0.353 e. The number of aromatic nitrogens is 3. The number of rotatable bonds is 6. The molecule has 0 aliphatic heterocycles. The van der Waals surface area contributed by atoms with Crippen molar-refractivity contribution in [1.29, 1.82) is 0 Å². The van der Waals surface area contributed by atoms with E-state index in [1.165, 1.54) is 0 Å². The highest BCUT2D eigenvalue weighted by molar-refractivity contribution is 5.24. The Morgan fingerprint density at radius 2 is 2.00 bits per heavy atom. The Morgan fingerprint density at radius 3 is 2.56 bits per heavy atom. The van der Waals surface area contributed by atoms with Crippen molar-refractivity contribution in [2.45, 2.75) is 33.6 Å². The van der Waals surface area contributed by atoms with Gasteiger partial charge >= 0.3 is 0 Å². The molecule has 16 heavy (non-hydrogen) atoms. The van der Waals surface area contributed by atoms with Gasteiger partial charge < -0.3 is 11.1 Å². The topological polar surface area (TPSA) is 76.7 Å².